The van der Waals surface area contributed by atoms with E-state index in [1.807, 2.05) is 24.3 Å². The van der Waals surface area contributed by atoms with E-state index in [1.165, 1.54) is 0 Å². The summed E-state index contributed by atoms with van der Waals surface area (Å²) in [4.78, 5) is 11.7. The molecule has 0 unspecified atom stereocenters. The first-order valence-corrected chi connectivity index (χ1v) is 7.64. The van der Waals surface area contributed by atoms with Crippen LogP contribution in [0.2, 0.25) is 0 Å². The van der Waals surface area contributed by atoms with Crippen LogP contribution in [0.4, 0.5) is 0 Å². The molecule has 0 atom stereocenters. The van der Waals surface area contributed by atoms with Gasteiger partial charge in [-0.15, -0.1) is 0 Å². The van der Waals surface area contributed by atoms with Crippen LogP contribution in [-0.2, 0) is 4.79 Å². The third-order valence-electron chi connectivity index (χ3n) is 3.08. The van der Waals surface area contributed by atoms with Gasteiger partial charge in [0.25, 0.3) is 5.91 Å². The summed E-state index contributed by atoms with van der Waals surface area (Å²) < 4.78 is 15.8. The predicted octanol–water partition coefficient (Wildman–Crippen LogP) is 2.79. The second-order valence-electron chi connectivity index (χ2n) is 4.93. The zero-order valence-electron chi connectivity index (χ0n) is 14.0. The Morgan fingerprint density at radius 1 is 1.04 bits per heavy atom. The number of nitrogens with one attached hydrogen (secondary N) is 1. The molecule has 0 aliphatic carbocycles. The quantitative estimate of drug-likeness (QED) is 0.433. The second-order valence-corrected chi connectivity index (χ2v) is 4.93. The van der Waals surface area contributed by atoms with E-state index in [2.05, 4.69) is 17.1 Å². The maximum Gasteiger partial charge on any atom is 0.277 e. The van der Waals surface area contributed by atoms with Gasteiger partial charge in [0.1, 0.15) is 23.9 Å². The molecule has 0 heterocycles. The maximum absolute atomic E-state index is 11.7. The molecule has 2 rings (SSSR count). The van der Waals surface area contributed by atoms with Gasteiger partial charge in [-0.2, -0.15) is 5.10 Å². The van der Waals surface area contributed by atoms with Gasteiger partial charge in [-0.1, -0.05) is 12.7 Å². The number of hydrogen-bond donors (Lipinski definition) is 1. The van der Waals surface area contributed by atoms with Crippen LogP contribution in [0.1, 0.15) is 5.56 Å². The van der Waals surface area contributed by atoms with Gasteiger partial charge in [0.2, 0.25) is 0 Å². The minimum Gasteiger partial charge on any atom is -0.497 e. The molecule has 0 saturated heterocycles. The van der Waals surface area contributed by atoms with Crippen molar-refractivity contribution < 1.29 is 19.0 Å². The fourth-order valence-electron chi connectivity index (χ4n) is 1.84. The lowest BCUT2D eigenvalue weighted by Gasteiger charge is -2.06. The number of ether oxygens (including phenoxy) is 3. The molecule has 0 aliphatic rings. The second kappa shape index (κ2) is 9.77. The van der Waals surface area contributed by atoms with E-state index in [0.717, 1.165) is 17.1 Å². The highest BCUT2D eigenvalue weighted by Gasteiger charge is 2.01. The molecule has 130 valence electrons. The molecule has 0 saturated carbocycles. The van der Waals surface area contributed by atoms with Crippen LogP contribution in [-0.4, -0.2) is 32.4 Å². The third kappa shape index (κ3) is 6.39. The number of hydrogen-bond acceptors (Lipinski definition) is 5. The first kappa shape index (κ1) is 18.1. The SMILES string of the molecule is C=CCOc1ccc(/C=N\NC(=O)COc2ccc(OC)cc2)cc1. The van der Waals surface area contributed by atoms with E-state index in [1.54, 1.807) is 43.7 Å². The Labute approximate surface area is 146 Å². The minimum atomic E-state index is -0.349. The number of carbonyl (C=O) groups excluding carboxylic acids is 1. The molecule has 6 nitrogen and oxygen atoms in total. The molecule has 0 spiro atoms. The molecule has 6 heteroatoms. The Bertz CT molecular complexity index is 709. The fraction of sp³-hybridized carbons (Fsp3) is 0.158. The number of rotatable bonds is 9. The van der Waals surface area contributed by atoms with E-state index >= 15 is 0 Å². The van der Waals surface area contributed by atoms with Gasteiger partial charge in [0, 0.05) is 0 Å². The molecule has 0 radical (unpaired) electrons. The lowest BCUT2D eigenvalue weighted by Crippen LogP contribution is -2.24. The Hall–Kier alpha value is -3.28. The fourth-order valence-corrected chi connectivity index (χ4v) is 1.84. The van der Waals surface area contributed by atoms with Crippen LogP contribution in [0, 0.1) is 0 Å². The summed E-state index contributed by atoms with van der Waals surface area (Å²) in [5.41, 5.74) is 3.24. The monoisotopic (exact) mass is 340 g/mol. The van der Waals surface area contributed by atoms with Gasteiger partial charge >= 0.3 is 0 Å². The lowest BCUT2D eigenvalue weighted by atomic mass is 10.2. The summed E-state index contributed by atoms with van der Waals surface area (Å²) in [6.07, 6.45) is 3.22. The Morgan fingerprint density at radius 2 is 1.64 bits per heavy atom. The molecule has 2 aromatic carbocycles. The van der Waals surface area contributed by atoms with Gasteiger partial charge < -0.3 is 14.2 Å². The zero-order valence-corrected chi connectivity index (χ0v) is 14.0. The average molecular weight is 340 g/mol. The highest BCUT2D eigenvalue weighted by Crippen LogP contribution is 2.16. The van der Waals surface area contributed by atoms with Crippen molar-refractivity contribution in [3.8, 4) is 17.2 Å². The highest BCUT2D eigenvalue weighted by molar-refractivity contribution is 5.83. The number of nitrogens with zero attached hydrogens (tertiary/aromatic N) is 1. The maximum atomic E-state index is 11.7. The van der Waals surface area contributed by atoms with Gasteiger partial charge in [0.05, 0.1) is 13.3 Å². The first-order chi connectivity index (χ1) is 12.2. The van der Waals surface area contributed by atoms with Crippen LogP contribution < -0.4 is 19.6 Å². The molecular weight excluding hydrogens is 320 g/mol. The van der Waals surface area contributed by atoms with E-state index in [9.17, 15) is 4.79 Å². The smallest absolute Gasteiger partial charge is 0.277 e. The first-order valence-electron chi connectivity index (χ1n) is 7.64. The topological polar surface area (TPSA) is 69.2 Å². The summed E-state index contributed by atoms with van der Waals surface area (Å²) in [5.74, 6) is 1.70. The van der Waals surface area contributed by atoms with Crippen LogP contribution >= 0.6 is 0 Å². The largest absolute Gasteiger partial charge is 0.497 e. The number of carbonyl (C=O) groups is 1. The summed E-state index contributed by atoms with van der Waals surface area (Å²) in [5, 5.41) is 3.89. The van der Waals surface area contributed by atoms with Crippen LogP contribution in [0.5, 0.6) is 17.2 Å². The van der Waals surface area contributed by atoms with Crippen LogP contribution in [0.3, 0.4) is 0 Å². The summed E-state index contributed by atoms with van der Waals surface area (Å²) in [7, 11) is 1.59. The predicted molar refractivity (Wildman–Crippen MR) is 96.4 cm³/mol. The molecule has 1 N–H and O–H groups in total. The lowest BCUT2D eigenvalue weighted by molar-refractivity contribution is -0.123. The van der Waals surface area contributed by atoms with Crippen LogP contribution in [0.25, 0.3) is 0 Å². The molecule has 0 bridgehead atoms. The van der Waals surface area contributed by atoms with Crippen molar-refractivity contribution in [2.75, 3.05) is 20.3 Å². The summed E-state index contributed by atoms with van der Waals surface area (Å²) in [6.45, 7) is 3.92. The van der Waals surface area contributed by atoms with E-state index < -0.39 is 0 Å². The van der Waals surface area contributed by atoms with E-state index in [0.29, 0.717) is 12.4 Å². The molecule has 0 fully saturated rings. The van der Waals surface area contributed by atoms with Crippen molar-refractivity contribution in [1.82, 2.24) is 5.43 Å². The van der Waals surface area contributed by atoms with Crippen molar-refractivity contribution >= 4 is 12.1 Å². The van der Waals surface area contributed by atoms with Crippen molar-refractivity contribution in [1.29, 1.82) is 0 Å². The summed E-state index contributed by atoms with van der Waals surface area (Å²) in [6, 6.07) is 14.3. The van der Waals surface area contributed by atoms with Crippen molar-refractivity contribution in [3.63, 3.8) is 0 Å². The Balaban J connectivity index is 1.74. The standard InChI is InChI=1S/C19H20N2O4/c1-3-12-24-17-6-4-15(5-7-17)13-20-21-19(22)14-25-18-10-8-16(23-2)9-11-18/h3-11,13H,1,12,14H2,2H3,(H,21,22)/b20-13-. The van der Waals surface area contributed by atoms with Gasteiger partial charge in [-0.05, 0) is 54.1 Å². The van der Waals surface area contributed by atoms with Gasteiger partial charge in [-0.25, -0.2) is 5.43 Å². The average Bonchev–Trinajstić information content (AvgIpc) is 2.66. The van der Waals surface area contributed by atoms with Gasteiger partial charge in [0.15, 0.2) is 6.61 Å². The van der Waals surface area contributed by atoms with Crippen molar-refractivity contribution in [3.05, 3.63) is 66.7 Å². The number of amides is 1. The van der Waals surface area contributed by atoms with Gasteiger partial charge in [-0.3, -0.25) is 4.79 Å². The highest BCUT2D eigenvalue weighted by atomic mass is 16.5. The number of methoxy groups -OCH3 is 1. The number of benzene rings is 2. The molecule has 0 aromatic heterocycles. The van der Waals surface area contributed by atoms with E-state index in [-0.39, 0.29) is 12.5 Å². The Morgan fingerprint density at radius 3 is 2.28 bits per heavy atom. The number of hydrazone groups is 1. The Kier molecular flexibility index (Phi) is 7.06. The molecule has 25 heavy (non-hydrogen) atoms. The van der Waals surface area contributed by atoms with Crippen LogP contribution in [0.15, 0.2) is 66.3 Å². The zero-order chi connectivity index (χ0) is 17.9. The van der Waals surface area contributed by atoms with Crippen molar-refractivity contribution in [2.45, 2.75) is 0 Å². The molecule has 2 aromatic rings. The molecule has 0 aliphatic heterocycles. The van der Waals surface area contributed by atoms with Crippen molar-refractivity contribution in [2.24, 2.45) is 5.10 Å². The molecular formula is C19H20N2O4. The van der Waals surface area contributed by atoms with E-state index in [4.69, 9.17) is 14.2 Å². The minimum absolute atomic E-state index is 0.127. The molecule has 1 amide bonds. The third-order valence-corrected chi connectivity index (χ3v) is 3.08. The summed E-state index contributed by atoms with van der Waals surface area (Å²) >= 11 is 0. The normalized spacial score (nSPS) is 10.3.